The van der Waals surface area contributed by atoms with Crippen molar-refractivity contribution in [3.05, 3.63) is 35.4 Å². The minimum absolute atomic E-state index is 0.0546. The fourth-order valence-corrected chi connectivity index (χ4v) is 3.96. The number of aryl methyl sites for hydroxylation is 1. The summed E-state index contributed by atoms with van der Waals surface area (Å²) in [7, 11) is 0. The maximum absolute atomic E-state index is 13.8. The molecule has 36 heavy (non-hydrogen) atoms. The van der Waals surface area contributed by atoms with Crippen LogP contribution >= 0.6 is 0 Å². The van der Waals surface area contributed by atoms with Gasteiger partial charge in [-0.1, -0.05) is 69.4 Å². The number of hydrogen-bond acceptors (Lipinski definition) is 5. The summed E-state index contributed by atoms with van der Waals surface area (Å²) in [6.45, 7) is 12.9. The Bertz CT molecular complexity index is 819. The zero-order chi connectivity index (χ0) is 27.3. The summed E-state index contributed by atoms with van der Waals surface area (Å²) < 4.78 is 5.29. The third kappa shape index (κ3) is 11.0. The van der Waals surface area contributed by atoms with Gasteiger partial charge in [-0.2, -0.15) is 0 Å². The molecule has 3 unspecified atom stereocenters. The molecule has 3 atom stereocenters. The van der Waals surface area contributed by atoms with Gasteiger partial charge in [-0.05, 0) is 53.0 Å². The number of nitrogens with one attached hydrogen (secondary N) is 2. The highest BCUT2D eigenvalue weighted by molar-refractivity contribution is 5.92. The van der Waals surface area contributed by atoms with Gasteiger partial charge in [0.05, 0.1) is 6.61 Å². The molecule has 8 nitrogen and oxygen atoms in total. The van der Waals surface area contributed by atoms with Gasteiger partial charge >= 0.3 is 6.09 Å². The molecule has 0 spiro atoms. The van der Waals surface area contributed by atoms with Crippen molar-refractivity contribution in [1.29, 1.82) is 0 Å². The Kier molecular flexibility index (Phi) is 13.5. The van der Waals surface area contributed by atoms with E-state index in [0.29, 0.717) is 18.5 Å². The molecule has 1 rings (SSSR count). The molecular formula is C28H47N3O5. The van der Waals surface area contributed by atoms with Crippen molar-refractivity contribution in [2.45, 2.75) is 111 Å². The lowest BCUT2D eigenvalue weighted by atomic mass is 10.00. The minimum Gasteiger partial charge on any atom is -0.444 e. The second-order valence-electron chi connectivity index (χ2n) is 10.5. The van der Waals surface area contributed by atoms with Crippen LogP contribution in [0.4, 0.5) is 4.79 Å². The fraction of sp³-hybridized carbons (Fsp3) is 0.679. The highest BCUT2D eigenvalue weighted by atomic mass is 16.6. The minimum atomic E-state index is -1.24. The molecule has 0 fully saturated rings. The van der Waals surface area contributed by atoms with Gasteiger partial charge in [-0.15, -0.1) is 0 Å². The first kappa shape index (κ1) is 31.4. The monoisotopic (exact) mass is 505 g/mol. The van der Waals surface area contributed by atoms with E-state index < -0.39 is 36.3 Å². The Hall–Kier alpha value is -2.61. The maximum atomic E-state index is 13.8. The summed E-state index contributed by atoms with van der Waals surface area (Å²) in [4.78, 5) is 41.2. The number of amides is 3. The number of alkyl carbamates (subject to hydrolysis) is 1. The van der Waals surface area contributed by atoms with Crippen LogP contribution in [0, 0.1) is 6.92 Å². The van der Waals surface area contributed by atoms with Gasteiger partial charge in [0.25, 0.3) is 0 Å². The van der Waals surface area contributed by atoms with E-state index in [9.17, 15) is 19.5 Å². The lowest BCUT2D eigenvalue weighted by Gasteiger charge is -2.35. The number of aliphatic hydroxyl groups is 1. The standard InChI is InChI=1S/C28H47N3O5/c1-8-10-11-12-18-31(26(34)23(19-32)30-27(35)36-28(5,6)7)24(22-16-14-20(3)15-17-22)25(33)29-21(4)13-9-2/h14-17,21,23-24,32H,8-13,18-19H2,1-7H3,(H,29,33)(H,30,35). The van der Waals surface area contributed by atoms with E-state index in [0.717, 1.165) is 37.7 Å². The molecule has 204 valence electrons. The quantitative estimate of drug-likeness (QED) is 0.319. The van der Waals surface area contributed by atoms with Crippen molar-refractivity contribution in [2.75, 3.05) is 13.2 Å². The lowest BCUT2D eigenvalue weighted by molar-refractivity contribution is -0.143. The van der Waals surface area contributed by atoms with Crippen molar-refractivity contribution >= 4 is 17.9 Å². The maximum Gasteiger partial charge on any atom is 0.408 e. The summed E-state index contributed by atoms with van der Waals surface area (Å²) in [5.74, 6) is -0.804. The third-order valence-electron chi connectivity index (χ3n) is 5.77. The molecule has 3 N–H and O–H groups in total. The van der Waals surface area contributed by atoms with E-state index in [2.05, 4.69) is 24.5 Å². The highest BCUT2D eigenvalue weighted by Crippen LogP contribution is 2.24. The van der Waals surface area contributed by atoms with Crippen LogP contribution in [0.3, 0.4) is 0 Å². The molecule has 0 bridgehead atoms. The molecule has 1 aromatic rings. The second-order valence-corrected chi connectivity index (χ2v) is 10.5. The van der Waals surface area contributed by atoms with Crippen LogP contribution in [-0.2, 0) is 14.3 Å². The molecule has 0 aliphatic rings. The zero-order valence-corrected chi connectivity index (χ0v) is 23.2. The van der Waals surface area contributed by atoms with E-state index in [-0.39, 0.29) is 11.9 Å². The Morgan fingerprint density at radius 2 is 1.64 bits per heavy atom. The average Bonchev–Trinajstić information content (AvgIpc) is 2.79. The van der Waals surface area contributed by atoms with Crippen molar-refractivity contribution in [3.8, 4) is 0 Å². The van der Waals surface area contributed by atoms with Crippen LogP contribution in [-0.4, -0.2) is 58.8 Å². The van der Waals surface area contributed by atoms with Crippen LogP contribution in [0.1, 0.15) is 97.2 Å². The second kappa shape index (κ2) is 15.5. The summed E-state index contributed by atoms with van der Waals surface area (Å²) in [5, 5.41) is 15.6. The van der Waals surface area contributed by atoms with E-state index in [1.54, 1.807) is 20.8 Å². The van der Waals surface area contributed by atoms with Crippen LogP contribution in [0.5, 0.6) is 0 Å². The number of carbonyl (C=O) groups is 3. The molecule has 1 aromatic carbocycles. The van der Waals surface area contributed by atoms with Gasteiger partial charge < -0.3 is 25.4 Å². The highest BCUT2D eigenvalue weighted by Gasteiger charge is 2.36. The van der Waals surface area contributed by atoms with Crippen LogP contribution < -0.4 is 10.6 Å². The molecule has 8 heteroatoms. The predicted octanol–water partition coefficient (Wildman–Crippen LogP) is 4.64. The smallest absolute Gasteiger partial charge is 0.408 e. The fourth-order valence-electron chi connectivity index (χ4n) is 3.96. The number of ether oxygens (including phenoxy) is 1. The largest absolute Gasteiger partial charge is 0.444 e. The molecule has 3 amide bonds. The molecule has 0 radical (unpaired) electrons. The van der Waals surface area contributed by atoms with E-state index in [1.165, 1.54) is 4.90 Å². The van der Waals surface area contributed by atoms with E-state index in [1.807, 2.05) is 38.1 Å². The summed E-state index contributed by atoms with van der Waals surface area (Å²) in [5.41, 5.74) is 0.963. The van der Waals surface area contributed by atoms with Crippen LogP contribution in [0.25, 0.3) is 0 Å². The topological polar surface area (TPSA) is 108 Å². The van der Waals surface area contributed by atoms with Crippen LogP contribution in [0.15, 0.2) is 24.3 Å². The third-order valence-corrected chi connectivity index (χ3v) is 5.77. The van der Waals surface area contributed by atoms with Crippen molar-refractivity contribution in [2.24, 2.45) is 0 Å². The normalized spacial score (nSPS) is 13.9. The number of rotatable bonds is 14. The van der Waals surface area contributed by atoms with Crippen molar-refractivity contribution in [1.82, 2.24) is 15.5 Å². The van der Waals surface area contributed by atoms with Gasteiger partial charge in [-0.3, -0.25) is 9.59 Å². The Morgan fingerprint density at radius 1 is 1.00 bits per heavy atom. The summed E-state index contributed by atoms with van der Waals surface area (Å²) in [6, 6.07) is 5.34. The van der Waals surface area contributed by atoms with Crippen molar-refractivity contribution in [3.63, 3.8) is 0 Å². The Morgan fingerprint density at radius 3 is 2.17 bits per heavy atom. The number of carbonyl (C=O) groups excluding carboxylic acids is 3. The lowest BCUT2D eigenvalue weighted by Crippen LogP contribution is -2.55. The summed E-state index contributed by atoms with van der Waals surface area (Å²) >= 11 is 0. The van der Waals surface area contributed by atoms with E-state index >= 15 is 0 Å². The SMILES string of the molecule is CCCCCCN(C(=O)C(CO)NC(=O)OC(C)(C)C)C(C(=O)NC(C)CCC)c1ccc(C)cc1. The van der Waals surface area contributed by atoms with Gasteiger partial charge in [0, 0.05) is 12.6 Å². The zero-order valence-electron chi connectivity index (χ0n) is 23.2. The number of benzene rings is 1. The van der Waals surface area contributed by atoms with Gasteiger partial charge in [0.15, 0.2) is 0 Å². The molecule has 0 aliphatic carbocycles. The average molecular weight is 506 g/mol. The summed E-state index contributed by atoms with van der Waals surface area (Å²) in [6.07, 6.45) is 4.58. The molecular weight excluding hydrogens is 458 g/mol. The first-order valence-electron chi connectivity index (χ1n) is 13.2. The van der Waals surface area contributed by atoms with Gasteiger partial charge in [-0.25, -0.2) is 4.79 Å². The van der Waals surface area contributed by atoms with Gasteiger partial charge in [0.2, 0.25) is 11.8 Å². The number of unbranched alkanes of at least 4 members (excludes halogenated alkanes) is 3. The molecule has 0 aromatic heterocycles. The number of nitrogens with zero attached hydrogens (tertiary/aromatic N) is 1. The molecule has 0 aliphatic heterocycles. The number of aliphatic hydroxyl groups excluding tert-OH is 1. The Balaban J connectivity index is 3.36. The van der Waals surface area contributed by atoms with Crippen LogP contribution in [0.2, 0.25) is 0 Å². The van der Waals surface area contributed by atoms with Gasteiger partial charge in [0.1, 0.15) is 17.7 Å². The first-order valence-corrected chi connectivity index (χ1v) is 13.2. The molecule has 0 heterocycles. The number of hydrogen-bond donors (Lipinski definition) is 3. The first-order chi connectivity index (χ1) is 16.9. The van der Waals surface area contributed by atoms with Crippen molar-refractivity contribution < 1.29 is 24.2 Å². The molecule has 0 saturated heterocycles. The predicted molar refractivity (Wildman–Crippen MR) is 143 cm³/mol. The van der Waals surface area contributed by atoms with E-state index in [4.69, 9.17) is 4.74 Å². The molecule has 0 saturated carbocycles. The Labute approximate surface area is 217 Å².